The Morgan fingerprint density at radius 3 is 2.09 bits per heavy atom. The molecule has 2 rings (SSSR count). The monoisotopic (exact) mass is 318 g/mol. The van der Waals surface area contributed by atoms with E-state index in [-0.39, 0.29) is 16.5 Å². The zero-order valence-electron chi connectivity index (χ0n) is 12.4. The van der Waals surface area contributed by atoms with Crippen molar-refractivity contribution in [2.24, 2.45) is 5.73 Å². The molecule has 0 saturated heterocycles. The van der Waals surface area contributed by atoms with Gasteiger partial charge < -0.3 is 5.73 Å². The molecule has 0 saturated carbocycles. The van der Waals surface area contributed by atoms with E-state index in [0.717, 1.165) is 5.56 Å². The van der Waals surface area contributed by atoms with Crippen LogP contribution in [0.4, 0.5) is 0 Å². The molecule has 1 amide bonds. The summed E-state index contributed by atoms with van der Waals surface area (Å²) in [5.41, 5.74) is 6.34. The summed E-state index contributed by atoms with van der Waals surface area (Å²) in [4.78, 5) is 11.2. The van der Waals surface area contributed by atoms with E-state index in [0.29, 0.717) is 0 Å². The summed E-state index contributed by atoms with van der Waals surface area (Å²) >= 11 is 0. The maximum atomic E-state index is 12.6. The highest BCUT2D eigenvalue weighted by atomic mass is 32.2. The average Bonchev–Trinajstić information content (AvgIpc) is 2.54. The molecule has 0 aromatic heterocycles. The predicted octanol–water partition coefficient (Wildman–Crippen LogP) is 2.17. The summed E-state index contributed by atoms with van der Waals surface area (Å²) in [5, 5.41) is 0. The van der Waals surface area contributed by atoms with Crippen molar-refractivity contribution in [2.75, 3.05) is 7.05 Å². The number of amides is 1. The second-order valence-electron chi connectivity index (χ2n) is 5.00. The van der Waals surface area contributed by atoms with Crippen LogP contribution < -0.4 is 5.73 Å². The highest BCUT2D eigenvalue weighted by Crippen LogP contribution is 2.25. The molecule has 0 radical (unpaired) electrons. The Balaban J connectivity index is 2.31. The van der Waals surface area contributed by atoms with Crippen LogP contribution in [0, 0.1) is 0 Å². The summed E-state index contributed by atoms with van der Waals surface area (Å²) in [7, 11) is -2.11. The van der Waals surface area contributed by atoms with Crippen LogP contribution in [0.25, 0.3) is 0 Å². The minimum atomic E-state index is -3.65. The van der Waals surface area contributed by atoms with Crippen molar-refractivity contribution in [1.29, 1.82) is 0 Å². The lowest BCUT2D eigenvalue weighted by Gasteiger charge is -2.24. The first-order chi connectivity index (χ1) is 10.3. The highest BCUT2D eigenvalue weighted by molar-refractivity contribution is 7.89. The van der Waals surface area contributed by atoms with Crippen molar-refractivity contribution < 1.29 is 13.2 Å². The lowest BCUT2D eigenvalue weighted by Crippen LogP contribution is -2.29. The number of carbonyl (C=O) groups excluding carboxylic acids is 1. The summed E-state index contributed by atoms with van der Waals surface area (Å²) < 4.78 is 26.6. The van der Waals surface area contributed by atoms with Crippen LogP contribution in [-0.4, -0.2) is 25.7 Å². The van der Waals surface area contributed by atoms with Crippen LogP contribution in [0.3, 0.4) is 0 Å². The van der Waals surface area contributed by atoms with E-state index in [4.69, 9.17) is 5.73 Å². The molecule has 2 aromatic carbocycles. The number of nitrogens with zero attached hydrogens (tertiary/aromatic N) is 1. The van der Waals surface area contributed by atoms with Gasteiger partial charge in [0.15, 0.2) is 0 Å². The van der Waals surface area contributed by atoms with Crippen molar-refractivity contribution in [3.05, 3.63) is 65.7 Å². The normalized spacial score (nSPS) is 13.0. The Bertz CT molecular complexity index is 756. The fraction of sp³-hybridized carbons (Fsp3) is 0.188. The van der Waals surface area contributed by atoms with Gasteiger partial charge in [-0.1, -0.05) is 30.3 Å². The first kappa shape index (κ1) is 16.2. The zero-order chi connectivity index (χ0) is 16.3. The molecule has 116 valence electrons. The highest BCUT2D eigenvalue weighted by Gasteiger charge is 2.26. The molecule has 0 aliphatic heterocycles. The van der Waals surface area contributed by atoms with Gasteiger partial charge in [0.25, 0.3) is 0 Å². The Kier molecular flexibility index (Phi) is 4.63. The molecule has 22 heavy (non-hydrogen) atoms. The molecule has 0 fully saturated rings. The van der Waals surface area contributed by atoms with Crippen molar-refractivity contribution in [1.82, 2.24) is 4.31 Å². The average molecular weight is 318 g/mol. The van der Waals surface area contributed by atoms with Gasteiger partial charge in [-0.15, -0.1) is 0 Å². The standard InChI is InChI=1S/C16H18N2O3S/c1-12(13-6-4-3-5-7-13)18(2)22(20,21)15-10-8-14(9-11-15)16(17)19/h3-12H,1-2H3,(H2,17,19). The molecule has 1 unspecified atom stereocenters. The van der Waals surface area contributed by atoms with E-state index in [9.17, 15) is 13.2 Å². The molecule has 0 spiro atoms. The van der Waals surface area contributed by atoms with Gasteiger partial charge in [-0.3, -0.25) is 4.79 Å². The molecule has 2 N–H and O–H groups in total. The Labute approximate surface area is 130 Å². The van der Waals surface area contributed by atoms with E-state index in [1.54, 1.807) is 0 Å². The van der Waals surface area contributed by atoms with E-state index in [1.807, 2.05) is 37.3 Å². The Morgan fingerprint density at radius 2 is 1.59 bits per heavy atom. The van der Waals surface area contributed by atoms with Crippen LogP contribution in [-0.2, 0) is 10.0 Å². The number of rotatable bonds is 5. The van der Waals surface area contributed by atoms with Gasteiger partial charge in [0.2, 0.25) is 15.9 Å². The van der Waals surface area contributed by atoms with Gasteiger partial charge in [0.05, 0.1) is 4.90 Å². The van der Waals surface area contributed by atoms with Gasteiger partial charge in [-0.2, -0.15) is 4.31 Å². The van der Waals surface area contributed by atoms with E-state index >= 15 is 0 Å². The van der Waals surface area contributed by atoms with Gasteiger partial charge in [0.1, 0.15) is 0 Å². The minimum Gasteiger partial charge on any atom is -0.366 e. The van der Waals surface area contributed by atoms with Crippen LogP contribution in [0.1, 0.15) is 28.9 Å². The van der Waals surface area contributed by atoms with Crippen molar-refractivity contribution in [3.8, 4) is 0 Å². The van der Waals surface area contributed by atoms with Gasteiger partial charge in [-0.25, -0.2) is 8.42 Å². The molecule has 5 nitrogen and oxygen atoms in total. The van der Waals surface area contributed by atoms with Crippen LogP contribution in [0.15, 0.2) is 59.5 Å². The molecule has 1 atom stereocenters. The molecule has 0 aliphatic carbocycles. The maximum Gasteiger partial charge on any atom is 0.248 e. The third kappa shape index (κ3) is 3.18. The van der Waals surface area contributed by atoms with Crippen molar-refractivity contribution >= 4 is 15.9 Å². The number of benzene rings is 2. The lowest BCUT2D eigenvalue weighted by atomic mass is 10.1. The van der Waals surface area contributed by atoms with Crippen molar-refractivity contribution in [2.45, 2.75) is 17.9 Å². The Morgan fingerprint density at radius 1 is 1.05 bits per heavy atom. The maximum absolute atomic E-state index is 12.6. The zero-order valence-corrected chi connectivity index (χ0v) is 13.2. The topological polar surface area (TPSA) is 80.5 Å². The predicted molar refractivity (Wildman–Crippen MR) is 84.8 cm³/mol. The molecule has 0 bridgehead atoms. The first-order valence-corrected chi connectivity index (χ1v) is 8.21. The molecule has 6 heteroatoms. The number of nitrogens with two attached hydrogens (primary N) is 1. The lowest BCUT2D eigenvalue weighted by molar-refractivity contribution is 0.1000. The minimum absolute atomic E-state index is 0.128. The number of primary amides is 1. The summed E-state index contributed by atoms with van der Waals surface area (Å²) in [5.74, 6) is -0.588. The second kappa shape index (κ2) is 6.29. The number of hydrogen-bond acceptors (Lipinski definition) is 3. The van der Waals surface area contributed by atoms with Crippen LogP contribution >= 0.6 is 0 Å². The molecule has 0 aliphatic rings. The fourth-order valence-electron chi connectivity index (χ4n) is 2.11. The number of carbonyl (C=O) groups is 1. The first-order valence-electron chi connectivity index (χ1n) is 6.77. The second-order valence-corrected chi connectivity index (χ2v) is 6.99. The van der Waals surface area contributed by atoms with E-state index in [2.05, 4.69) is 0 Å². The van der Waals surface area contributed by atoms with Crippen LogP contribution in [0.5, 0.6) is 0 Å². The molecular formula is C16H18N2O3S. The molecular weight excluding hydrogens is 300 g/mol. The van der Waals surface area contributed by atoms with E-state index < -0.39 is 15.9 Å². The Hall–Kier alpha value is -2.18. The smallest absolute Gasteiger partial charge is 0.248 e. The summed E-state index contributed by atoms with van der Waals surface area (Å²) in [6.45, 7) is 1.82. The van der Waals surface area contributed by atoms with Gasteiger partial charge in [-0.05, 0) is 36.8 Å². The summed E-state index contributed by atoms with van der Waals surface area (Å²) in [6.07, 6.45) is 0. The largest absolute Gasteiger partial charge is 0.366 e. The van der Waals surface area contributed by atoms with Crippen molar-refractivity contribution in [3.63, 3.8) is 0 Å². The fourth-order valence-corrected chi connectivity index (χ4v) is 3.46. The SMILES string of the molecule is CC(c1ccccc1)N(C)S(=O)(=O)c1ccc(C(N)=O)cc1. The third-order valence-corrected chi connectivity index (χ3v) is 5.59. The van der Waals surface area contributed by atoms with Gasteiger partial charge >= 0.3 is 0 Å². The van der Waals surface area contributed by atoms with E-state index in [1.165, 1.54) is 35.6 Å². The molecule has 0 heterocycles. The van der Waals surface area contributed by atoms with Crippen LogP contribution in [0.2, 0.25) is 0 Å². The number of sulfonamides is 1. The third-order valence-electron chi connectivity index (χ3n) is 3.64. The quantitative estimate of drug-likeness (QED) is 0.917. The number of hydrogen-bond donors (Lipinski definition) is 1. The van der Waals surface area contributed by atoms with Gasteiger partial charge in [0, 0.05) is 18.7 Å². The molecule has 2 aromatic rings. The summed E-state index contributed by atoms with van der Waals surface area (Å²) in [6, 6.07) is 14.7.